The van der Waals surface area contributed by atoms with Gasteiger partial charge in [0.1, 0.15) is 5.69 Å². The van der Waals surface area contributed by atoms with E-state index < -0.39 is 0 Å². The van der Waals surface area contributed by atoms with E-state index >= 15 is 0 Å². The van der Waals surface area contributed by atoms with Crippen LogP contribution in [-0.2, 0) is 0 Å². The zero-order valence-electron chi connectivity index (χ0n) is 16.2. The van der Waals surface area contributed by atoms with Crippen LogP contribution in [-0.4, -0.2) is 44.9 Å². The topological polar surface area (TPSA) is 70.1 Å². The fourth-order valence-corrected chi connectivity index (χ4v) is 3.83. The molecule has 3 rings (SSSR count). The van der Waals surface area contributed by atoms with E-state index in [0.29, 0.717) is 18.3 Å². The molecule has 6 nitrogen and oxygen atoms in total. The number of nitrogens with one attached hydrogen (secondary N) is 2. The predicted molar refractivity (Wildman–Crippen MR) is 101 cm³/mol. The fraction of sp³-hybridized carbons (Fsp3) is 0.500. The van der Waals surface area contributed by atoms with Gasteiger partial charge < -0.3 is 19.8 Å². The van der Waals surface area contributed by atoms with Gasteiger partial charge in [0.25, 0.3) is 11.8 Å². The van der Waals surface area contributed by atoms with Crippen molar-refractivity contribution in [1.29, 1.82) is 0 Å². The summed E-state index contributed by atoms with van der Waals surface area (Å²) in [6.45, 7) is 10.7. The molecular formula is C20H28N4O2. The Balaban J connectivity index is 1.70. The van der Waals surface area contributed by atoms with Gasteiger partial charge in [0.15, 0.2) is 0 Å². The minimum atomic E-state index is -0.110. The number of aryl methyl sites for hydroxylation is 1. The Kier molecular flexibility index (Phi) is 4.94. The van der Waals surface area contributed by atoms with E-state index in [1.807, 2.05) is 44.0 Å². The number of carbonyl (C=O) groups excluding carboxylic acids is 2. The van der Waals surface area contributed by atoms with Crippen molar-refractivity contribution in [2.24, 2.45) is 0 Å². The highest BCUT2D eigenvalue weighted by Crippen LogP contribution is 2.24. The van der Waals surface area contributed by atoms with Gasteiger partial charge in [0.2, 0.25) is 0 Å². The van der Waals surface area contributed by atoms with Crippen molar-refractivity contribution < 1.29 is 9.59 Å². The highest BCUT2D eigenvalue weighted by atomic mass is 16.2. The van der Waals surface area contributed by atoms with E-state index in [4.69, 9.17) is 0 Å². The number of aromatic nitrogens is 2. The van der Waals surface area contributed by atoms with Crippen molar-refractivity contribution in [3.8, 4) is 0 Å². The van der Waals surface area contributed by atoms with Crippen molar-refractivity contribution in [3.05, 3.63) is 47.0 Å². The van der Waals surface area contributed by atoms with E-state index in [0.717, 1.165) is 23.2 Å². The van der Waals surface area contributed by atoms with Crippen LogP contribution in [0.1, 0.15) is 65.3 Å². The van der Waals surface area contributed by atoms with Gasteiger partial charge in [0.05, 0.1) is 5.56 Å². The number of aromatic amines is 1. The van der Waals surface area contributed by atoms with Gasteiger partial charge in [-0.15, -0.1) is 0 Å². The molecule has 1 aliphatic rings. The first-order valence-corrected chi connectivity index (χ1v) is 9.22. The number of likely N-dealkylation sites (tertiary alicyclic amines) is 1. The molecule has 26 heavy (non-hydrogen) atoms. The molecule has 2 aromatic heterocycles. The third kappa shape index (κ3) is 3.28. The largest absolute Gasteiger partial charge is 0.357 e. The Morgan fingerprint density at radius 3 is 2.58 bits per heavy atom. The van der Waals surface area contributed by atoms with Crippen LogP contribution in [0.5, 0.6) is 0 Å². The molecule has 2 aromatic rings. The average Bonchev–Trinajstić information content (AvgIpc) is 3.25. The molecule has 0 spiro atoms. The van der Waals surface area contributed by atoms with Crippen LogP contribution in [0.2, 0.25) is 0 Å². The second-order valence-electron chi connectivity index (χ2n) is 7.56. The summed E-state index contributed by atoms with van der Waals surface area (Å²) in [7, 11) is 0. The lowest BCUT2D eigenvalue weighted by Crippen LogP contribution is -2.39. The third-order valence-electron chi connectivity index (χ3n) is 5.32. The first-order valence-electron chi connectivity index (χ1n) is 9.22. The summed E-state index contributed by atoms with van der Waals surface area (Å²) in [6, 6.07) is 4.17. The molecule has 0 bridgehead atoms. The third-order valence-corrected chi connectivity index (χ3v) is 5.32. The van der Waals surface area contributed by atoms with E-state index in [1.165, 1.54) is 0 Å². The summed E-state index contributed by atoms with van der Waals surface area (Å²) in [6.07, 6.45) is 4.50. The molecule has 3 heterocycles. The van der Waals surface area contributed by atoms with Gasteiger partial charge in [-0.2, -0.15) is 0 Å². The van der Waals surface area contributed by atoms with Crippen LogP contribution < -0.4 is 5.32 Å². The van der Waals surface area contributed by atoms with Gasteiger partial charge in [0, 0.05) is 42.8 Å². The van der Waals surface area contributed by atoms with Crippen LogP contribution in [0.3, 0.4) is 0 Å². The first-order chi connectivity index (χ1) is 12.3. The van der Waals surface area contributed by atoms with E-state index in [1.54, 1.807) is 6.20 Å². The molecule has 1 fully saturated rings. The van der Waals surface area contributed by atoms with Crippen LogP contribution in [0.4, 0.5) is 0 Å². The SMILES string of the molecule is Cc1cc[nH]c1C(=O)NC1CC(C)N(C(=O)c2ccn(C(C)C)c2C)C1. The van der Waals surface area contributed by atoms with Gasteiger partial charge in [-0.05, 0) is 58.7 Å². The van der Waals surface area contributed by atoms with Gasteiger partial charge in [-0.1, -0.05) is 0 Å². The number of hydrogen-bond acceptors (Lipinski definition) is 2. The van der Waals surface area contributed by atoms with E-state index in [9.17, 15) is 9.59 Å². The molecule has 1 saturated heterocycles. The number of nitrogens with zero attached hydrogens (tertiary/aromatic N) is 2. The number of hydrogen-bond donors (Lipinski definition) is 2. The highest BCUT2D eigenvalue weighted by Gasteiger charge is 2.35. The molecule has 0 aliphatic carbocycles. The summed E-state index contributed by atoms with van der Waals surface area (Å²) in [4.78, 5) is 30.3. The maximum Gasteiger partial charge on any atom is 0.268 e. The minimum absolute atomic E-state index is 0.0309. The lowest BCUT2D eigenvalue weighted by atomic mass is 10.1. The smallest absolute Gasteiger partial charge is 0.268 e. The Morgan fingerprint density at radius 2 is 2.00 bits per heavy atom. The molecule has 2 atom stereocenters. The van der Waals surface area contributed by atoms with Crippen molar-refractivity contribution in [2.45, 2.75) is 59.2 Å². The van der Waals surface area contributed by atoms with Gasteiger partial charge >= 0.3 is 0 Å². The van der Waals surface area contributed by atoms with Crippen molar-refractivity contribution in [1.82, 2.24) is 19.8 Å². The maximum atomic E-state index is 13.0. The number of rotatable bonds is 4. The lowest BCUT2D eigenvalue weighted by Gasteiger charge is -2.22. The minimum Gasteiger partial charge on any atom is -0.357 e. The van der Waals surface area contributed by atoms with Crippen molar-refractivity contribution >= 4 is 11.8 Å². The predicted octanol–water partition coefficient (Wildman–Crippen LogP) is 3.05. The van der Waals surface area contributed by atoms with Crippen LogP contribution >= 0.6 is 0 Å². The second-order valence-corrected chi connectivity index (χ2v) is 7.56. The normalized spacial score (nSPS) is 20.0. The molecule has 0 aromatic carbocycles. The standard InChI is InChI=1S/C20H28N4O2/c1-12(2)23-9-7-17(15(23)5)20(26)24-11-16(10-14(24)4)22-19(25)18-13(3)6-8-21-18/h6-9,12,14,16,21H,10-11H2,1-5H3,(H,22,25). The molecule has 0 saturated carbocycles. The summed E-state index contributed by atoms with van der Waals surface area (Å²) in [5.74, 6) is -0.0663. The lowest BCUT2D eigenvalue weighted by molar-refractivity contribution is 0.0739. The Morgan fingerprint density at radius 1 is 1.27 bits per heavy atom. The number of carbonyl (C=O) groups is 2. The molecule has 6 heteroatoms. The van der Waals surface area contributed by atoms with E-state index in [-0.39, 0.29) is 23.9 Å². The molecule has 1 aliphatic heterocycles. The summed E-state index contributed by atoms with van der Waals surface area (Å²) < 4.78 is 2.11. The zero-order chi connectivity index (χ0) is 19.0. The summed E-state index contributed by atoms with van der Waals surface area (Å²) in [5.41, 5.74) is 3.25. The average molecular weight is 356 g/mol. The highest BCUT2D eigenvalue weighted by molar-refractivity contribution is 5.96. The molecule has 0 radical (unpaired) electrons. The first kappa shape index (κ1) is 18.3. The molecule has 2 unspecified atom stereocenters. The molecular weight excluding hydrogens is 328 g/mol. The van der Waals surface area contributed by atoms with Crippen LogP contribution in [0.15, 0.2) is 24.5 Å². The molecule has 2 amide bonds. The maximum absolute atomic E-state index is 13.0. The van der Waals surface area contributed by atoms with Crippen molar-refractivity contribution in [2.75, 3.05) is 6.54 Å². The summed E-state index contributed by atoms with van der Waals surface area (Å²) in [5, 5.41) is 3.06. The fourth-order valence-electron chi connectivity index (χ4n) is 3.83. The van der Waals surface area contributed by atoms with E-state index in [2.05, 4.69) is 28.7 Å². The quantitative estimate of drug-likeness (QED) is 0.884. The Bertz CT molecular complexity index is 818. The van der Waals surface area contributed by atoms with Crippen LogP contribution in [0.25, 0.3) is 0 Å². The van der Waals surface area contributed by atoms with Crippen molar-refractivity contribution in [3.63, 3.8) is 0 Å². The van der Waals surface area contributed by atoms with Gasteiger partial charge in [-0.25, -0.2) is 0 Å². The Labute approximate surface area is 154 Å². The second kappa shape index (κ2) is 7.02. The monoisotopic (exact) mass is 356 g/mol. The van der Waals surface area contributed by atoms with Crippen LogP contribution in [0, 0.1) is 13.8 Å². The summed E-state index contributed by atoms with van der Waals surface area (Å²) >= 11 is 0. The van der Waals surface area contributed by atoms with Gasteiger partial charge in [-0.3, -0.25) is 9.59 Å². The molecule has 2 N–H and O–H groups in total. The molecule has 140 valence electrons. The number of H-pyrrole nitrogens is 1. The zero-order valence-corrected chi connectivity index (χ0v) is 16.2. The Hall–Kier alpha value is -2.50. The number of amides is 2.